The van der Waals surface area contributed by atoms with Crippen molar-refractivity contribution in [2.24, 2.45) is 0 Å². The van der Waals surface area contributed by atoms with E-state index in [1.807, 2.05) is 0 Å². The Labute approximate surface area is 84.6 Å². The third kappa shape index (κ3) is 1.79. The highest BCUT2D eigenvalue weighted by molar-refractivity contribution is 6.09. The van der Waals surface area contributed by atoms with Crippen LogP contribution in [0.2, 0.25) is 0 Å². The highest BCUT2D eigenvalue weighted by Crippen LogP contribution is 2.14. The van der Waals surface area contributed by atoms with E-state index in [0.717, 1.165) is 12.1 Å². The summed E-state index contributed by atoms with van der Waals surface area (Å²) in [5.41, 5.74) is 0.219. The molecule has 0 saturated carbocycles. The van der Waals surface area contributed by atoms with Crippen LogP contribution in [0.5, 0.6) is 0 Å². The Morgan fingerprint density at radius 1 is 1.20 bits per heavy atom. The molecule has 1 aromatic carbocycles. The van der Waals surface area contributed by atoms with Crippen molar-refractivity contribution >= 4 is 5.78 Å². The van der Waals surface area contributed by atoms with Crippen molar-refractivity contribution in [3.8, 4) is 0 Å². The van der Waals surface area contributed by atoms with Gasteiger partial charge in [-0.3, -0.25) is 4.79 Å². The lowest BCUT2D eigenvalue weighted by molar-refractivity contribution is 0.103. The van der Waals surface area contributed by atoms with E-state index in [2.05, 4.69) is 4.98 Å². The molecule has 2 nitrogen and oxygen atoms in total. The van der Waals surface area contributed by atoms with Crippen LogP contribution >= 0.6 is 0 Å². The third-order valence-electron chi connectivity index (χ3n) is 2.04. The van der Waals surface area contributed by atoms with Gasteiger partial charge >= 0.3 is 0 Å². The third-order valence-corrected chi connectivity index (χ3v) is 2.04. The van der Waals surface area contributed by atoms with Gasteiger partial charge in [0.15, 0.2) is 5.78 Å². The second kappa shape index (κ2) is 3.65. The minimum Gasteiger partial charge on any atom is -0.367 e. The van der Waals surface area contributed by atoms with Crippen molar-refractivity contribution in [1.82, 2.24) is 4.98 Å². The van der Waals surface area contributed by atoms with Gasteiger partial charge in [0.05, 0.1) is 5.56 Å². The molecule has 0 aliphatic carbocycles. The molecular weight excluding hydrogens is 200 g/mol. The molecule has 0 atom stereocenters. The number of carbonyl (C=O) groups is 1. The fourth-order valence-electron chi connectivity index (χ4n) is 1.29. The van der Waals surface area contributed by atoms with Crippen LogP contribution in [0, 0.1) is 11.6 Å². The van der Waals surface area contributed by atoms with Crippen LogP contribution < -0.4 is 0 Å². The van der Waals surface area contributed by atoms with Gasteiger partial charge in [-0.2, -0.15) is 0 Å². The number of carbonyl (C=O) groups excluding carboxylic acids is 1. The average molecular weight is 207 g/mol. The molecule has 0 saturated heterocycles. The Bertz CT molecular complexity index is 491. The zero-order valence-corrected chi connectivity index (χ0v) is 7.63. The van der Waals surface area contributed by atoms with Gasteiger partial charge in [0.1, 0.15) is 11.6 Å². The maximum absolute atomic E-state index is 13.2. The van der Waals surface area contributed by atoms with Gasteiger partial charge in [-0.05, 0) is 18.2 Å². The van der Waals surface area contributed by atoms with Gasteiger partial charge in [0.25, 0.3) is 0 Å². The van der Waals surface area contributed by atoms with E-state index in [0.29, 0.717) is 11.6 Å². The van der Waals surface area contributed by atoms with Crippen molar-refractivity contribution in [3.05, 3.63) is 59.4 Å². The Morgan fingerprint density at radius 2 is 2.00 bits per heavy atom. The maximum Gasteiger partial charge on any atom is 0.197 e. The van der Waals surface area contributed by atoms with E-state index < -0.39 is 17.4 Å². The molecule has 0 unspecified atom stereocenters. The van der Waals surface area contributed by atoms with E-state index in [-0.39, 0.29) is 5.56 Å². The van der Waals surface area contributed by atoms with Crippen LogP contribution in [0.25, 0.3) is 0 Å². The fraction of sp³-hybridized carbons (Fsp3) is 0. The van der Waals surface area contributed by atoms with Gasteiger partial charge in [-0.15, -0.1) is 0 Å². The highest BCUT2D eigenvalue weighted by Gasteiger charge is 2.14. The summed E-state index contributed by atoms with van der Waals surface area (Å²) in [5, 5.41) is 0. The molecule has 2 rings (SSSR count). The fourth-order valence-corrected chi connectivity index (χ4v) is 1.29. The molecule has 0 bridgehead atoms. The first-order valence-corrected chi connectivity index (χ1v) is 4.31. The molecule has 1 heterocycles. The number of rotatable bonds is 2. The zero-order chi connectivity index (χ0) is 10.8. The first kappa shape index (κ1) is 9.58. The summed E-state index contributed by atoms with van der Waals surface area (Å²) in [7, 11) is 0. The molecule has 2 aromatic rings. The van der Waals surface area contributed by atoms with Gasteiger partial charge in [0, 0.05) is 24.0 Å². The Kier molecular flexibility index (Phi) is 2.33. The van der Waals surface area contributed by atoms with Crippen molar-refractivity contribution in [2.75, 3.05) is 0 Å². The highest BCUT2D eigenvalue weighted by atomic mass is 19.1. The topological polar surface area (TPSA) is 32.9 Å². The monoisotopic (exact) mass is 207 g/mol. The van der Waals surface area contributed by atoms with Gasteiger partial charge in [-0.1, -0.05) is 0 Å². The minimum absolute atomic E-state index is 0.129. The number of hydrogen-bond acceptors (Lipinski definition) is 1. The van der Waals surface area contributed by atoms with E-state index in [1.165, 1.54) is 12.3 Å². The summed E-state index contributed by atoms with van der Waals surface area (Å²) < 4.78 is 25.8. The summed E-state index contributed by atoms with van der Waals surface area (Å²) in [4.78, 5) is 14.4. The molecule has 0 radical (unpaired) electrons. The van der Waals surface area contributed by atoms with E-state index >= 15 is 0 Å². The lowest BCUT2D eigenvalue weighted by Gasteiger charge is -2.00. The molecule has 1 aromatic heterocycles. The van der Waals surface area contributed by atoms with E-state index in [9.17, 15) is 13.6 Å². The summed E-state index contributed by atoms with van der Waals surface area (Å²) in [6.07, 6.45) is 3.03. The average Bonchev–Trinajstić information content (AvgIpc) is 2.69. The number of benzene rings is 1. The Morgan fingerprint density at radius 3 is 2.60 bits per heavy atom. The molecular formula is C11H7F2NO. The number of H-pyrrole nitrogens is 1. The molecule has 0 amide bonds. The molecule has 1 N–H and O–H groups in total. The van der Waals surface area contributed by atoms with E-state index in [4.69, 9.17) is 0 Å². The quantitative estimate of drug-likeness (QED) is 0.754. The van der Waals surface area contributed by atoms with Gasteiger partial charge < -0.3 is 4.98 Å². The number of ketones is 1. The van der Waals surface area contributed by atoms with Crippen LogP contribution in [0.4, 0.5) is 8.78 Å². The summed E-state index contributed by atoms with van der Waals surface area (Å²) in [6, 6.07) is 4.42. The van der Waals surface area contributed by atoms with Crippen LogP contribution in [0.1, 0.15) is 15.9 Å². The Balaban J connectivity index is 2.42. The zero-order valence-electron chi connectivity index (χ0n) is 7.63. The second-order valence-corrected chi connectivity index (χ2v) is 3.05. The number of hydrogen-bond donors (Lipinski definition) is 1. The summed E-state index contributed by atoms with van der Waals surface area (Å²) >= 11 is 0. The van der Waals surface area contributed by atoms with Crippen molar-refractivity contribution < 1.29 is 13.6 Å². The first-order chi connectivity index (χ1) is 7.18. The van der Waals surface area contributed by atoms with E-state index in [1.54, 1.807) is 6.20 Å². The molecule has 0 aliphatic rings. The molecule has 0 spiro atoms. The normalized spacial score (nSPS) is 10.3. The number of nitrogens with one attached hydrogen (secondary N) is 1. The van der Waals surface area contributed by atoms with Crippen LogP contribution in [0.3, 0.4) is 0 Å². The lowest BCUT2D eigenvalue weighted by Crippen LogP contribution is -2.03. The number of halogens is 2. The van der Waals surface area contributed by atoms with Crippen LogP contribution in [0.15, 0.2) is 36.7 Å². The largest absolute Gasteiger partial charge is 0.367 e. The molecule has 15 heavy (non-hydrogen) atoms. The van der Waals surface area contributed by atoms with Crippen molar-refractivity contribution in [1.29, 1.82) is 0 Å². The second-order valence-electron chi connectivity index (χ2n) is 3.05. The minimum atomic E-state index is -0.846. The molecule has 76 valence electrons. The summed E-state index contributed by atoms with van der Waals surface area (Å²) in [6.45, 7) is 0. The summed E-state index contributed by atoms with van der Waals surface area (Å²) in [5.74, 6) is -2.01. The lowest BCUT2D eigenvalue weighted by atomic mass is 10.1. The first-order valence-electron chi connectivity index (χ1n) is 4.31. The smallest absolute Gasteiger partial charge is 0.197 e. The van der Waals surface area contributed by atoms with Crippen molar-refractivity contribution in [2.45, 2.75) is 0 Å². The maximum atomic E-state index is 13.2. The number of aromatic amines is 1. The van der Waals surface area contributed by atoms with Crippen LogP contribution in [-0.4, -0.2) is 10.8 Å². The number of aromatic nitrogens is 1. The van der Waals surface area contributed by atoms with Crippen LogP contribution in [-0.2, 0) is 0 Å². The van der Waals surface area contributed by atoms with Gasteiger partial charge in [-0.25, -0.2) is 8.78 Å². The van der Waals surface area contributed by atoms with Crippen molar-refractivity contribution in [3.63, 3.8) is 0 Å². The molecule has 4 heteroatoms. The molecule has 0 aliphatic heterocycles. The SMILES string of the molecule is O=C(c1cc[nH]c1)c1ccc(F)cc1F. The Hall–Kier alpha value is -1.97. The standard InChI is InChI=1S/C11H7F2NO/c12-8-1-2-9(10(13)5-8)11(15)7-3-4-14-6-7/h1-6,14H. The predicted molar refractivity (Wildman–Crippen MR) is 50.6 cm³/mol. The molecule has 0 fully saturated rings. The van der Waals surface area contributed by atoms with Gasteiger partial charge in [0.2, 0.25) is 0 Å². The predicted octanol–water partition coefficient (Wildman–Crippen LogP) is 2.52.